The van der Waals surface area contributed by atoms with Crippen LogP contribution in [0.15, 0.2) is 21.5 Å². The number of aliphatic carboxylic acids is 1. The molecule has 112 valence electrons. The van der Waals surface area contributed by atoms with Crippen molar-refractivity contribution in [2.45, 2.75) is 24.3 Å². The van der Waals surface area contributed by atoms with Crippen LogP contribution in [0, 0.1) is 11.6 Å². The van der Waals surface area contributed by atoms with Crippen molar-refractivity contribution < 1.29 is 27.1 Å². The molecule has 0 atom stereocenters. The Kier molecular flexibility index (Phi) is 4.57. The molecule has 0 unspecified atom stereocenters. The second-order valence-corrected chi connectivity index (χ2v) is 7.30. The van der Waals surface area contributed by atoms with Gasteiger partial charge in [0, 0.05) is 17.6 Å². The van der Waals surface area contributed by atoms with Crippen LogP contribution in [0.5, 0.6) is 0 Å². The van der Waals surface area contributed by atoms with Crippen molar-refractivity contribution in [1.29, 1.82) is 0 Å². The Bertz CT molecular complexity index is 637. The lowest BCUT2D eigenvalue weighted by atomic mass is 10.1. The number of carbonyl (C=O) groups is 1. The lowest BCUT2D eigenvalue weighted by molar-refractivity contribution is -0.145. The first-order valence-corrected chi connectivity index (χ1v) is 7.52. The Morgan fingerprint density at radius 3 is 2.25 bits per heavy atom. The average Bonchev–Trinajstić information content (AvgIpc) is 2.25. The third-order valence-electron chi connectivity index (χ3n) is 2.89. The van der Waals surface area contributed by atoms with Crippen LogP contribution in [0.2, 0.25) is 0 Å². The van der Waals surface area contributed by atoms with Gasteiger partial charge in [0.05, 0.1) is 0 Å². The summed E-state index contributed by atoms with van der Waals surface area (Å²) in [6.07, 6.45) is 0. The van der Waals surface area contributed by atoms with Gasteiger partial charge >= 0.3 is 5.97 Å². The van der Waals surface area contributed by atoms with Gasteiger partial charge in [0.25, 0.3) is 0 Å². The Balaban J connectivity index is 3.50. The summed E-state index contributed by atoms with van der Waals surface area (Å²) < 4.78 is 51.5. The third-order valence-corrected chi connectivity index (χ3v) is 5.89. The average molecular weight is 372 g/mol. The van der Waals surface area contributed by atoms with E-state index in [2.05, 4.69) is 15.9 Å². The molecule has 0 aliphatic heterocycles. The highest BCUT2D eigenvalue weighted by Crippen LogP contribution is 2.31. The third kappa shape index (κ3) is 2.84. The van der Waals surface area contributed by atoms with Crippen LogP contribution in [0.3, 0.4) is 0 Å². The van der Waals surface area contributed by atoms with E-state index >= 15 is 0 Å². The van der Waals surface area contributed by atoms with E-state index in [4.69, 9.17) is 5.11 Å². The fourth-order valence-electron chi connectivity index (χ4n) is 1.35. The molecule has 1 aromatic rings. The highest BCUT2D eigenvalue weighted by Gasteiger charge is 2.42. The van der Waals surface area contributed by atoms with E-state index in [1.54, 1.807) is 0 Å². The Labute approximate surface area is 123 Å². The highest BCUT2D eigenvalue weighted by molar-refractivity contribution is 9.10. The monoisotopic (exact) mass is 371 g/mol. The van der Waals surface area contributed by atoms with Crippen LogP contribution < -0.4 is 0 Å². The second-order valence-electron chi connectivity index (χ2n) is 4.54. The Hall–Kier alpha value is -1.06. The molecular weight excluding hydrogens is 360 g/mol. The van der Waals surface area contributed by atoms with Crippen LogP contribution >= 0.6 is 15.9 Å². The smallest absolute Gasteiger partial charge is 0.324 e. The summed E-state index contributed by atoms with van der Waals surface area (Å²) in [7, 11) is -3.44. The van der Waals surface area contributed by atoms with Gasteiger partial charge in [-0.15, -0.1) is 0 Å². The SMILES string of the molecule is CN(C(C)(C)C(=O)O)S(=O)(=O)c1c(F)cc(F)cc1Br. The van der Waals surface area contributed by atoms with Crippen LogP contribution in [-0.2, 0) is 14.8 Å². The molecule has 0 radical (unpaired) electrons. The predicted molar refractivity (Wildman–Crippen MR) is 70.7 cm³/mol. The fourth-order valence-corrected chi connectivity index (χ4v) is 3.93. The number of likely N-dealkylation sites (N-methyl/N-ethyl adjacent to an activating group) is 1. The van der Waals surface area contributed by atoms with Gasteiger partial charge in [-0.25, -0.2) is 17.2 Å². The first kappa shape index (κ1) is 17.0. The van der Waals surface area contributed by atoms with Gasteiger partial charge in [-0.1, -0.05) is 0 Å². The van der Waals surface area contributed by atoms with Gasteiger partial charge in [0.15, 0.2) is 0 Å². The zero-order chi connectivity index (χ0) is 15.9. The first-order chi connectivity index (χ1) is 8.92. The summed E-state index contributed by atoms with van der Waals surface area (Å²) in [6.45, 7) is 2.31. The maximum absolute atomic E-state index is 13.7. The molecule has 1 rings (SSSR count). The lowest BCUT2D eigenvalue weighted by Crippen LogP contribution is -2.50. The summed E-state index contributed by atoms with van der Waals surface area (Å²) in [5.41, 5.74) is -1.79. The van der Waals surface area contributed by atoms with Crippen LogP contribution in [0.4, 0.5) is 8.78 Å². The quantitative estimate of drug-likeness (QED) is 0.880. The highest BCUT2D eigenvalue weighted by atomic mass is 79.9. The topological polar surface area (TPSA) is 74.7 Å². The van der Waals surface area contributed by atoms with Gasteiger partial charge in [-0.2, -0.15) is 4.31 Å². The van der Waals surface area contributed by atoms with Crippen molar-refractivity contribution >= 4 is 31.9 Å². The molecule has 0 aliphatic carbocycles. The molecule has 1 aromatic carbocycles. The molecule has 0 heterocycles. The number of carboxylic acid groups (broad SMARTS) is 1. The molecule has 0 aliphatic rings. The number of carboxylic acids is 1. The van der Waals surface area contributed by atoms with Crippen LogP contribution in [0.1, 0.15) is 13.8 Å². The maximum Gasteiger partial charge on any atom is 0.324 e. The van der Waals surface area contributed by atoms with E-state index in [-0.39, 0.29) is 4.47 Å². The Morgan fingerprint density at radius 1 is 1.35 bits per heavy atom. The summed E-state index contributed by atoms with van der Waals surface area (Å²) in [4.78, 5) is 10.3. The van der Waals surface area contributed by atoms with E-state index in [1.807, 2.05) is 0 Å². The minimum absolute atomic E-state index is 0.317. The normalized spacial score (nSPS) is 12.8. The summed E-state index contributed by atoms with van der Waals surface area (Å²) >= 11 is 2.77. The number of rotatable bonds is 4. The zero-order valence-electron chi connectivity index (χ0n) is 10.8. The largest absolute Gasteiger partial charge is 0.480 e. The van der Waals surface area contributed by atoms with Gasteiger partial charge in [0.2, 0.25) is 10.0 Å². The molecule has 0 bridgehead atoms. The predicted octanol–water partition coefficient (Wildman–Crippen LogP) is 2.21. The Morgan fingerprint density at radius 2 is 1.85 bits per heavy atom. The van der Waals surface area contributed by atoms with E-state index in [1.165, 1.54) is 0 Å². The maximum atomic E-state index is 13.7. The van der Waals surface area contributed by atoms with E-state index in [0.717, 1.165) is 27.0 Å². The number of hydrogen-bond acceptors (Lipinski definition) is 3. The lowest BCUT2D eigenvalue weighted by Gasteiger charge is -2.30. The van der Waals surface area contributed by atoms with Gasteiger partial charge in [-0.05, 0) is 35.8 Å². The van der Waals surface area contributed by atoms with E-state index < -0.39 is 38.1 Å². The molecule has 0 aromatic heterocycles. The summed E-state index contributed by atoms with van der Waals surface area (Å²) in [5.74, 6) is -3.65. The number of halogens is 3. The van der Waals surface area contributed by atoms with Crippen molar-refractivity contribution in [3.05, 3.63) is 28.2 Å². The second kappa shape index (κ2) is 5.38. The van der Waals surface area contributed by atoms with Crippen molar-refractivity contribution in [3.8, 4) is 0 Å². The molecule has 5 nitrogen and oxygen atoms in total. The molecule has 0 saturated carbocycles. The van der Waals surface area contributed by atoms with Gasteiger partial charge in [0.1, 0.15) is 22.1 Å². The van der Waals surface area contributed by atoms with Crippen LogP contribution in [-0.4, -0.2) is 36.4 Å². The molecule has 9 heteroatoms. The number of sulfonamides is 1. The van der Waals surface area contributed by atoms with Gasteiger partial charge in [-0.3, -0.25) is 4.79 Å². The minimum atomic E-state index is -4.46. The van der Waals surface area contributed by atoms with Crippen molar-refractivity contribution in [2.24, 2.45) is 0 Å². The molecule has 0 spiro atoms. The van der Waals surface area contributed by atoms with Crippen LogP contribution in [0.25, 0.3) is 0 Å². The minimum Gasteiger partial charge on any atom is -0.480 e. The molecule has 20 heavy (non-hydrogen) atoms. The van der Waals surface area contributed by atoms with Gasteiger partial charge < -0.3 is 5.11 Å². The van der Waals surface area contributed by atoms with Crippen molar-refractivity contribution in [1.82, 2.24) is 4.31 Å². The zero-order valence-corrected chi connectivity index (χ0v) is 13.2. The summed E-state index contributed by atoms with van der Waals surface area (Å²) in [5, 5.41) is 9.03. The number of hydrogen-bond donors (Lipinski definition) is 1. The summed E-state index contributed by atoms with van der Waals surface area (Å²) in [6, 6.07) is 1.21. The first-order valence-electron chi connectivity index (χ1n) is 5.29. The van der Waals surface area contributed by atoms with E-state index in [9.17, 15) is 22.0 Å². The molecule has 1 N–H and O–H groups in total. The molecular formula is C11H12BrF2NO4S. The standard InChI is InChI=1S/C11H12BrF2NO4S/c1-11(2,10(16)17)15(3)20(18,19)9-7(12)4-6(13)5-8(9)14/h4-5H,1-3H3,(H,16,17). The number of benzene rings is 1. The molecule has 0 fully saturated rings. The van der Waals surface area contributed by atoms with E-state index in [0.29, 0.717) is 10.4 Å². The molecule has 0 amide bonds. The fraction of sp³-hybridized carbons (Fsp3) is 0.364. The van der Waals surface area contributed by atoms with Crippen molar-refractivity contribution in [2.75, 3.05) is 7.05 Å². The number of nitrogens with zero attached hydrogens (tertiary/aromatic N) is 1. The molecule has 0 saturated heterocycles. The van der Waals surface area contributed by atoms with Crippen molar-refractivity contribution in [3.63, 3.8) is 0 Å².